The van der Waals surface area contributed by atoms with Crippen LogP contribution in [0.1, 0.15) is 35.8 Å². The number of anilines is 2. The van der Waals surface area contributed by atoms with Gasteiger partial charge in [-0.1, -0.05) is 0 Å². The third-order valence-electron chi connectivity index (χ3n) is 5.70. The lowest BCUT2D eigenvalue weighted by molar-refractivity contribution is 0.410. The van der Waals surface area contributed by atoms with Crippen molar-refractivity contribution in [1.82, 2.24) is 25.1 Å². The van der Waals surface area contributed by atoms with Gasteiger partial charge in [0.15, 0.2) is 17.4 Å². The average molecular weight is 471 g/mol. The first-order chi connectivity index (χ1) is 15.8. The van der Waals surface area contributed by atoms with E-state index in [4.69, 9.17) is 4.74 Å². The van der Waals surface area contributed by atoms with E-state index in [9.17, 15) is 8.42 Å². The molecule has 172 valence electrons. The molecule has 11 heteroatoms. The van der Waals surface area contributed by atoms with Crippen molar-refractivity contribution in [3.63, 3.8) is 0 Å². The van der Waals surface area contributed by atoms with Gasteiger partial charge in [0, 0.05) is 40.3 Å². The zero-order valence-electron chi connectivity index (χ0n) is 18.1. The Morgan fingerprint density at radius 1 is 1.06 bits per heavy atom. The Morgan fingerprint density at radius 2 is 1.85 bits per heavy atom. The Balaban J connectivity index is 1.50. The van der Waals surface area contributed by atoms with Crippen molar-refractivity contribution < 1.29 is 17.5 Å². The van der Waals surface area contributed by atoms with Gasteiger partial charge in [0.05, 0.1) is 17.2 Å². The maximum Gasteiger partial charge on any atom is 0.324 e. The van der Waals surface area contributed by atoms with Crippen LogP contribution in [0.25, 0.3) is 10.9 Å². The summed E-state index contributed by atoms with van der Waals surface area (Å²) in [6, 6.07) is 8.53. The normalized spacial score (nSPS) is 16.2. The van der Waals surface area contributed by atoms with E-state index in [0.717, 1.165) is 11.4 Å². The molecular weight excluding hydrogens is 447 g/mol. The van der Waals surface area contributed by atoms with Crippen molar-refractivity contribution in [3.8, 4) is 11.8 Å². The van der Waals surface area contributed by atoms with Crippen molar-refractivity contribution in [3.05, 3.63) is 53.2 Å². The van der Waals surface area contributed by atoms with Gasteiger partial charge in [0.25, 0.3) is 0 Å². The molecule has 1 aromatic carbocycles. The molecular formula is C22H23FN6O3S. The molecule has 9 nitrogen and oxygen atoms in total. The first kappa shape index (κ1) is 21.4. The summed E-state index contributed by atoms with van der Waals surface area (Å²) in [5.74, 6) is 0.631. The van der Waals surface area contributed by atoms with Crippen molar-refractivity contribution in [2.24, 2.45) is 0 Å². The summed E-state index contributed by atoms with van der Waals surface area (Å²) in [4.78, 5) is 12.0. The van der Waals surface area contributed by atoms with E-state index in [1.54, 1.807) is 18.2 Å². The maximum absolute atomic E-state index is 15.1. The van der Waals surface area contributed by atoms with E-state index in [0.29, 0.717) is 41.1 Å². The molecule has 0 unspecified atom stereocenters. The molecule has 3 N–H and O–H groups in total. The number of hydrogen-bond acceptors (Lipinski definition) is 7. The lowest BCUT2D eigenvalue weighted by Gasteiger charge is -2.22. The van der Waals surface area contributed by atoms with Crippen LogP contribution in [0, 0.1) is 19.7 Å². The molecule has 5 rings (SSSR count). The fourth-order valence-corrected chi connectivity index (χ4v) is 5.52. The third kappa shape index (κ3) is 4.54. The second-order valence-corrected chi connectivity index (χ2v) is 10.6. The van der Waals surface area contributed by atoms with Crippen LogP contribution in [-0.2, 0) is 9.84 Å². The number of hydrogen-bond donors (Lipinski definition) is 3. The standard InChI is InChI=1S/C22H23FN6O3S/c1-12-9-15-16(24-12)3-4-18(21(15)23)32-22-25-17(14-5-7-33(30,31)8-6-14)11-19(27-22)26-20-10-13(2)28-29-20/h3-4,9-11,14,24H,5-8H2,1-2H3,(H2,25,26,27,28,29). The zero-order chi connectivity index (χ0) is 23.2. The fraction of sp³-hybridized carbons (Fsp3) is 0.318. The van der Waals surface area contributed by atoms with Crippen molar-refractivity contribution in [2.75, 3.05) is 16.8 Å². The molecule has 4 heterocycles. The number of H-pyrrole nitrogens is 2. The van der Waals surface area contributed by atoms with Crippen molar-refractivity contribution in [1.29, 1.82) is 0 Å². The highest BCUT2D eigenvalue weighted by Gasteiger charge is 2.27. The number of halogens is 1. The van der Waals surface area contributed by atoms with Crippen molar-refractivity contribution >= 4 is 32.4 Å². The number of aromatic amines is 2. The molecule has 0 radical (unpaired) electrons. The molecule has 0 amide bonds. The fourth-order valence-electron chi connectivity index (χ4n) is 4.03. The molecule has 1 aliphatic heterocycles. The highest BCUT2D eigenvalue weighted by molar-refractivity contribution is 7.91. The minimum absolute atomic E-state index is 0.00596. The third-order valence-corrected chi connectivity index (χ3v) is 7.41. The van der Waals surface area contributed by atoms with Crippen LogP contribution in [0.3, 0.4) is 0 Å². The lowest BCUT2D eigenvalue weighted by Crippen LogP contribution is -2.23. The van der Waals surface area contributed by atoms with E-state index in [2.05, 4.69) is 30.5 Å². The van der Waals surface area contributed by atoms with Crippen LogP contribution in [0.2, 0.25) is 0 Å². The van der Waals surface area contributed by atoms with Crippen molar-refractivity contribution in [2.45, 2.75) is 32.6 Å². The smallest absolute Gasteiger partial charge is 0.324 e. The number of sulfone groups is 1. The van der Waals surface area contributed by atoms with E-state index in [-0.39, 0.29) is 29.2 Å². The molecule has 0 atom stereocenters. The lowest BCUT2D eigenvalue weighted by atomic mass is 9.98. The number of nitrogens with zero attached hydrogens (tertiary/aromatic N) is 3. The molecule has 4 aromatic rings. The van der Waals surface area contributed by atoms with Crippen LogP contribution in [0.15, 0.2) is 30.3 Å². The summed E-state index contributed by atoms with van der Waals surface area (Å²) < 4.78 is 44.6. The zero-order valence-corrected chi connectivity index (χ0v) is 19.0. The Labute approximate surface area is 189 Å². The van der Waals surface area contributed by atoms with Crippen LogP contribution in [0.4, 0.5) is 16.0 Å². The highest BCUT2D eigenvalue weighted by Crippen LogP contribution is 2.33. The van der Waals surface area contributed by atoms with Gasteiger partial charge in [0.2, 0.25) is 0 Å². The Kier molecular flexibility index (Phi) is 5.28. The second kappa shape index (κ2) is 8.14. The molecule has 1 fully saturated rings. The maximum atomic E-state index is 15.1. The summed E-state index contributed by atoms with van der Waals surface area (Å²) >= 11 is 0. The Bertz CT molecular complexity index is 1430. The molecule has 0 aliphatic carbocycles. The minimum Gasteiger partial charge on any atom is -0.421 e. The number of fused-ring (bicyclic) bond motifs is 1. The SMILES string of the molecule is Cc1cc(Nc2cc(C3CCS(=O)(=O)CC3)nc(Oc3ccc4[nH]c(C)cc4c3F)n2)n[nH]1. The van der Waals surface area contributed by atoms with E-state index < -0.39 is 15.7 Å². The predicted octanol–water partition coefficient (Wildman–Crippen LogP) is 4.27. The number of rotatable bonds is 5. The first-order valence-electron chi connectivity index (χ1n) is 10.6. The largest absolute Gasteiger partial charge is 0.421 e. The summed E-state index contributed by atoms with van der Waals surface area (Å²) in [5, 5.41) is 10.5. The highest BCUT2D eigenvalue weighted by atomic mass is 32.2. The molecule has 1 saturated heterocycles. The van der Waals surface area contributed by atoms with Gasteiger partial charge in [0.1, 0.15) is 15.7 Å². The summed E-state index contributed by atoms with van der Waals surface area (Å²) in [6.45, 7) is 3.73. The van der Waals surface area contributed by atoms with Gasteiger partial charge in [-0.3, -0.25) is 5.10 Å². The van der Waals surface area contributed by atoms with Gasteiger partial charge in [-0.15, -0.1) is 0 Å². The van der Waals surface area contributed by atoms with Gasteiger partial charge in [-0.2, -0.15) is 15.1 Å². The van der Waals surface area contributed by atoms with Gasteiger partial charge in [-0.05, 0) is 44.9 Å². The molecule has 0 spiro atoms. The molecule has 3 aromatic heterocycles. The van der Waals surface area contributed by atoms with Crippen LogP contribution < -0.4 is 10.1 Å². The van der Waals surface area contributed by atoms with Gasteiger partial charge < -0.3 is 15.0 Å². The van der Waals surface area contributed by atoms with Crippen LogP contribution in [0.5, 0.6) is 11.8 Å². The molecule has 0 saturated carbocycles. The minimum atomic E-state index is -3.02. The molecule has 0 bridgehead atoms. The van der Waals surface area contributed by atoms with E-state index in [1.807, 2.05) is 19.9 Å². The summed E-state index contributed by atoms with van der Waals surface area (Å²) in [6.07, 6.45) is 0.922. The Hall–Kier alpha value is -3.47. The van der Waals surface area contributed by atoms with Gasteiger partial charge >= 0.3 is 6.01 Å². The molecule has 33 heavy (non-hydrogen) atoms. The number of benzene rings is 1. The Morgan fingerprint density at radius 3 is 2.58 bits per heavy atom. The number of nitrogens with one attached hydrogen (secondary N) is 3. The van der Waals surface area contributed by atoms with Gasteiger partial charge in [-0.25, -0.2) is 12.8 Å². The summed E-state index contributed by atoms with van der Waals surface area (Å²) in [5.41, 5.74) is 3.03. The first-order valence-corrected chi connectivity index (χ1v) is 12.4. The van der Waals surface area contributed by atoms with Crippen LogP contribution >= 0.6 is 0 Å². The van der Waals surface area contributed by atoms with E-state index >= 15 is 4.39 Å². The topological polar surface area (TPSA) is 126 Å². The average Bonchev–Trinajstić information content (AvgIpc) is 3.35. The summed E-state index contributed by atoms with van der Waals surface area (Å²) in [7, 11) is -3.02. The number of aryl methyl sites for hydroxylation is 2. The number of ether oxygens (including phenoxy) is 1. The van der Waals surface area contributed by atoms with Crippen LogP contribution in [-0.4, -0.2) is 45.1 Å². The quantitative estimate of drug-likeness (QED) is 0.398. The monoisotopic (exact) mass is 470 g/mol. The second-order valence-electron chi connectivity index (χ2n) is 8.34. The van der Waals surface area contributed by atoms with E-state index in [1.165, 1.54) is 6.07 Å². The molecule has 1 aliphatic rings. The number of aromatic nitrogens is 5. The predicted molar refractivity (Wildman–Crippen MR) is 122 cm³/mol.